The smallest absolute Gasteiger partial charge is 0.267 e. The Hall–Kier alpha value is -17.6. The summed E-state index contributed by atoms with van der Waals surface area (Å²) in [5, 5.41) is 34.0. The maximum Gasteiger partial charge on any atom is 0.267 e. The highest BCUT2D eigenvalue weighted by atomic mass is 16.2. The molecule has 29 heteroatoms. The Bertz CT molecular complexity index is 7460. The molecule has 13 heterocycles. The predicted molar refractivity (Wildman–Crippen MR) is 578 cm³/mol. The lowest BCUT2D eigenvalue weighted by Gasteiger charge is -2.42. The number of fused-ring (bicyclic) bond motifs is 16. The van der Waals surface area contributed by atoms with E-state index in [-0.39, 0.29) is 59.3 Å². The molecule has 0 bridgehead atoms. The van der Waals surface area contributed by atoms with E-state index in [4.69, 9.17) is 35.4 Å². The molecule has 11 aromatic carbocycles. The number of aliphatic imine (C=N–C) groups is 4. The van der Waals surface area contributed by atoms with Gasteiger partial charge in [0.1, 0.15) is 45.5 Å². The van der Waals surface area contributed by atoms with Crippen LogP contribution in [0.5, 0.6) is 0 Å². The van der Waals surface area contributed by atoms with E-state index in [0.29, 0.717) is 114 Å². The average molecular weight is 1930 g/mol. The van der Waals surface area contributed by atoms with Crippen LogP contribution in [0.4, 0.5) is 69.3 Å². The highest BCUT2D eigenvalue weighted by Gasteiger charge is 2.53. The van der Waals surface area contributed by atoms with Gasteiger partial charge in [0.2, 0.25) is 23.8 Å². The first kappa shape index (κ1) is 92.1. The van der Waals surface area contributed by atoms with Crippen LogP contribution in [0, 0.1) is 5.41 Å². The number of pyridine rings is 1. The van der Waals surface area contributed by atoms with Crippen molar-refractivity contribution in [1.29, 1.82) is 0 Å². The summed E-state index contributed by atoms with van der Waals surface area (Å²) in [6, 6.07) is 112. The van der Waals surface area contributed by atoms with Gasteiger partial charge < -0.3 is 21.3 Å². The van der Waals surface area contributed by atoms with Crippen LogP contribution in [-0.4, -0.2) is 189 Å². The molecule has 0 saturated heterocycles. The molecule has 0 spiro atoms. The van der Waals surface area contributed by atoms with Gasteiger partial charge in [-0.05, 0) is 162 Å². The van der Waals surface area contributed by atoms with Gasteiger partial charge in [0, 0.05) is 87.7 Å². The number of amides is 4. The molecule has 2 fully saturated rings. The van der Waals surface area contributed by atoms with Crippen molar-refractivity contribution < 1.29 is 19.2 Å². The van der Waals surface area contributed by atoms with Gasteiger partial charge in [-0.1, -0.05) is 281 Å². The number of nitrogens with one attached hydrogen (secondary N) is 4. The summed E-state index contributed by atoms with van der Waals surface area (Å²) in [6.07, 6.45) is 8.34. The van der Waals surface area contributed by atoms with Gasteiger partial charge in [-0.15, -0.1) is 0 Å². The van der Waals surface area contributed by atoms with Crippen LogP contribution in [0.3, 0.4) is 0 Å². The fourth-order valence-corrected chi connectivity index (χ4v) is 21.2. The third-order valence-corrected chi connectivity index (χ3v) is 28.6. The van der Waals surface area contributed by atoms with Gasteiger partial charge >= 0.3 is 0 Å². The molecule has 4 N–H and O–H groups in total. The molecular weight excluding hydrogens is 1820 g/mol. The predicted octanol–water partition coefficient (Wildman–Crippen LogP) is 21.1. The number of nitrogens with zero attached hydrogens (tertiary/aromatic N) is 21. The number of aromatic nitrogens is 9. The lowest BCUT2D eigenvalue weighted by molar-refractivity contribution is 0.0854. The first-order chi connectivity index (χ1) is 71.3. The maximum atomic E-state index is 13.7. The third kappa shape index (κ3) is 17.9. The van der Waals surface area contributed by atoms with E-state index in [1.165, 1.54) is 33.4 Å². The summed E-state index contributed by atoms with van der Waals surface area (Å²) in [6.45, 7) is 10.7. The molecule has 728 valence electrons. The molecule has 0 unspecified atom stereocenters. The van der Waals surface area contributed by atoms with Gasteiger partial charge in [-0.2, -0.15) is 20.4 Å². The number of benzene rings is 11. The van der Waals surface area contributed by atoms with Gasteiger partial charge in [-0.25, -0.2) is 33.7 Å². The Morgan fingerprint density at radius 3 is 0.966 bits per heavy atom. The zero-order valence-corrected chi connectivity index (χ0v) is 82.4. The zero-order chi connectivity index (χ0) is 99.4. The normalized spacial score (nSPS) is 18.2. The lowest BCUT2D eigenvalue weighted by atomic mass is 9.91. The van der Waals surface area contributed by atoms with E-state index in [2.05, 4.69) is 212 Å². The van der Waals surface area contributed by atoms with Crippen LogP contribution >= 0.6 is 0 Å². The summed E-state index contributed by atoms with van der Waals surface area (Å²) >= 11 is 0. The van der Waals surface area contributed by atoms with Crippen LogP contribution in [0.1, 0.15) is 123 Å². The van der Waals surface area contributed by atoms with Crippen molar-refractivity contribution in [3.8, 4) is 44.6 Å². The largest absolute Gasteiger partial charge is 0.340 e. The molecule has 2 aliphatic carbocycles. The first-order valence-electron chi connectivity index (χ1n) is 50.0. The molecule has 5 aromatic heterocycles. The minimum Gasteiger partial charge on any atom is -0.340 e. The number of para-hydroxylation sites is 4. The van der Waals surface area contributed by atoms with Crippen LogP contribution in [0.2, 0.25) is 0 Å². The highest BCUT2D eigenvalue weighted by molar-refractivity contribution is 6.24. The minimum absolute atomic E-state index is 0.0218. The van der Waals surface area contributed by atoms with Crippen molar-refractivity contribution in [2.24, 2.45) is 25.4 Å². The second kappa shape index (κ2) is 39.0. The Labute approximate surface area is 847 Å². The second-order valence-electron chi connectivity index (χ2n) is 39.3. The molecule has 16 aromatic rings. The van der Waals surface area contributed by atoms with E-state index in [1.807, 2.05) is 220 Å². The number of rotatable bonds is 20. The summed E-state index contributed by atoms with van der Waals surface area (Å²) < 4.78 is 7.66. The Morgan fingerprint density at radius 1 is 0.315 bits per heavy atom. The number of carbonyl (C=O) groups excluding carboxylic acids is 4. The summed E-state index contributed by atoms with van der Waals surface area (Å²) in [5.74, 6) is 7.96. The number of hydrogen-bond acceptors (Lipinski definition) is 21. The van der Waals surface area contributed by atoms with E-state index in [0.717, 1.165) is 119 Å². The van der Waals surface area contributed by atoms with Gasteiger partial charge in [0.25, 0.3) is 23.6 Å². The summed E-state index contributed by atoms with van der Waals surface area (Å²) in [7, 11) is 7.21. The SMILES string of the molecule is CN1C(=O)c2c(nn(Cc3ccc(-c4ccccc4)cc3)c2Nc2ccccc2)N2C1=N[C@@H]1CCC[C@@H]12.CN1C(=O)c2c(nn(Cc3ccc(-c4ccccc4)cc3)c2Nc2ccccc2)N2CC(C)(C)CN=C12.CN1C(=O)c2c(nn(Cc3ccc(-c4ccccn4)cc3)c2Nc2ccccc2)N2C1=N[C@@H]1CCC[C@@H]12.C[C@@H]1CN2C(=N1)N(C)C(=O)c1c2nn(Cc2ccc(-c3ccccc3)cc2)c1Nc1ccccc1. The van der Waals surface area contributed by atoms with Gasteiger partial charge in [0.15, 0.2) is 23.3 Å². The van der Waals surface area contributed by atoms with E-state index < -0.39 is 0 Å². The van der Waals surface area contributed by atoms with Crippen LogP contribution in [0.15, 0.2) is 354 Å². The van der Waals surface area contributed by atoms with Gasteiger partial charge in [0.05, 0.1) is 62.1 Å². The monoisotopic (exact) mass is 1930 g/mol. The minimum atomic E-state index is -0.104. The van der Waals surface area contributed by atoms with Crippen molar-refractivity contribution in [2.75, 3.05) is 88.7 Å². The van der Waals surface area contributed by atoms with Crippen molar-refractivity contribution in [1.82, 2.24) is 63.7 Å². The van der Waals surface area contributed by atoms with Crippen molar-refractivity contribution in [2.45, 2.75) is 116 Å². The number of guanidine groups is 4. The van der Waals surface area contributed by atoms with Crippen molar-refractivity contribution >= 4 is 117 Å². The number of carbonyl (C=O) groups is 4. The van der Waals surface area contributed by atoms with Gasteiger partial charge in [-0.3, -0.25) is 68.4 Å². The fraction of sp³-hybridized carbons (Fsp3) is 0.222. The Morgan fingerprint density at radius 2 is 0.616 bits per heavy atom. The Kier molecular flexibility index (Phi) is 24.6. The Balaban J connectivity index is 0.000000107. The molecule has 26 rings (SSSR count). The van der Waals surface area contributed by atoms with Crippen molar-refractivity contribution in [3.05, 3.63) is 378 Å². The van der Waals surface area contributed by atoms with Crippen LogP contribution in [-0.2, 0) is 26.2 Å². The number of hydrogen-bond donors (Lipinski definition) is 4. The zero-order valence-electron chi connectivity index (χ0n) is 82.4. The quantitative estimate of drug-likeness (QED) is 0.0552. The fourth-order valence-electron chi connectivity index (χ4n) is 21.2. The van der Waals surface area contributed by atoms with E-state index in [1.54, 1.807) is 39.9 Å². The first-order valence-corrected chi connectivity index (χ1v) is 50.0. The molecule has 2 saturated carbocycles. The van der Waals surface area contributed by atoms with Crippen LogP contribution < -0.4 is 40.9 Å². The maximum absolute atomic E-state index is 13.7. The topological polar surface area (TPSA) is 276 Å². The summed E-state index contributed by atoms with van der Waals surface area (Å²) in [5.41, 5.74) is 19.4. The molecular formula is C117H111N25O4. The third-order valence-electron chi connectivity index (χ3n) is 28.6. The molecule has 10 aliphatic rings. The average Bonchev–Trinajstić information content (AvgIpc) is 1.56. The lowest BCUT2D eigenvalue weighted by Crippen LogP contribution is -2.56. The molecule has 8 aliphatic heterocycles. The van der Waals surface area contributed by atoms with E-state index in [9.17, 15) is 19.2 Å². The highest BCUT2D eigenvalue weighted by Crippen LogP contribution is 2.48. The molecule has 4 amide bonds. The molecule has 5 atom stereocenters. The molecule has 29 nitrogen and oxygen atoms in total. The number of anilines is 12. The standard InChI is InChI=1S/C30H28N6O.C30H30N6O.C29H27N7O.C28H26N6O/c1-34-29(37)26-27(31-23-11-6-3-7-12-23)35(33-28(26)36-25-14-8-13-24(25)32-30(34)36)19-20-15-17-22(18-16-20)21-9-4-2-5-10-21;1-30(2)19-31-29-34(3)28(37)25-26(32-24-12-8-5-9-13-24)36(33-27(25)35(29)20-30)18-21-14-16-23(17-15-21)22-10-6-4-7-11-22;1-34-28(37)25-26(31-21-8-3-2-4-9-21)35(33-27(25)36-24-12-7-11-23(24)32-29(34)36)18-19-13-15-20(16-14-19)22-10-5-6-17-30-22;1-19-17-33-26-24(27(35)32(2)28(33)29-19)25(30-23-11-7-4-8-12-23)34(31-26)18-20-13-15-22(16-14-20)21-9-5-3-6-10-21/h2-7,9-12,15-18,24-25,31H,8,13-14,19H2,1H3;4-17,32H,18-20H2,1-3H3;2-6,8-10,13-17,23-24,31H,7,11-12,18H2,1H3;3-16,19,30H,17-18H2,1-2H3/t24-,25+;;23-,24+;19-/m1.11/s1. The second-order valence-corrected chi connectivity index (χ2v) is 39.3. The van der Waals surface area contributed by atoms with E-state index >= 15 is 0 Å². The van der Waals surface area contributed by atoms with Crippen molar-refractivity contribution in [3.63, 3.8) is 0 Å². The van der Waals surface area contributed by atoms with Crippen LogP contribution in [0.25, 0.3) is 44.6 Å². The molecule has 0 radical (unpaired) electrons. The molecule has 146 heavy (non-hydrogen) atoms. The summed E-state index contributed by atoms with van der Waals surface area (Å²) in [4.78, 5) is 93.4.